The molecule has 0 aromatic rings. The summed E-state index contributed by atoms with van der Waals surface area (Å²) in [5.74, 6) is -1.33. The monoisotopic (exact) mass is 286 g/mol. The van der Waals surface area contributed by atoms with Crippen LogP contribution in [-0.2, 0) is 14.4 Å². The summed E-state index contributed by atoms with van der Waals surface area (Å²) in [6.45, 7) is 0.565. The number of aliphatic hydroxyl groups excluding tert-OH is 1. The molecule has 2 atom stereocenters. The summed E-state index contributed by atoms with van der Waals surface area (Å²) < 4.78 is 0. The van der Waals surface area contributed by atoms with Gasteiger partial charge in [-0.05, 0) is 19.3 Å². The van der Waals surface area contributed by atoms with E-state index in [1.807, 2.05) is 0 Å². The van der Waals surface area contributed by atoms with Crippen LogP contribution in [-0.4, -0.2) is 46.7 Å². The molecule has 0 aromatic heterocycles. The van der Waals surface area contributed by atoms with Crippen LogP contribution in [0.15, 0.2) is 0 Å². The van der Waals surface area contributed by atoms with Crippen molar-refractivity contribution in [3.63, 3.8) is 0 Å². The Morgan fingerprint density at radius 2 is 2.10 bits per heavy atom. The second kappa shape index (κ2) is 8.52. The molecular weight excluding hydrogens is 264 g/mol. The van der Waals surface area contributed by atoms with Crippen molar-refractivity contribution in [2.45, 2.75) is 57.1 Å². The molecule has 1 fully saturated rings. The van der Waals surface area contributed by atoms with E-state index >= 15 is 0 Å². The fourth-order valence-electron chi connectivity index (χ4n) is 2.13. The average Bonchev–Trinajstić information content (AvgIpc) is 2.74. The number of rotatable bonds is 9. The van der Waals surface area contributed by atoms with Crippen molar-refractivity contribution in [2.24, 2.45) is 0 Å². The molecule has 1 rings (SSSR count). The zero-order valence-electron chi connectivity index (χ0n) is 11.4. The maximum Gasteiger partial charge on any atom is 0.303 e. The highest BCUT2D eigenvalue weighted by atomic mass is 16.4. The smallest absolute Gasteiger partial charge is 0.303 e. The third kappa shape index (κ3) is 6.51. The number of amides is 2. The molecule has 2 amide bonds. The highest BCUT2D eigenvalue weighted by molar-refractivity contribution is 5.89. The fraction of sp³-hybridized carbons (Fsp3) is 0.769. The summed E-state index contributed by atoms with van der Waals surface area (Å²) in [5.41, 5.74) is 0. The first-order chi connectivity index (χ1) is 9.49. The number of aliphatic hydroxyl groups is 1. The van der Waals surface area contributed by atoms with Gasteiger partial charge in [0.2, 0.25) is 11.8 Å². The molecule has 1 aliphatic heterocycles. The molecule has 0 saturated carbocycles. The molecule has 1 aliphatic rings. The topological polar surface area (TPSA) is 116 Å². The Hall–Kier alpha value is -1.63. The number of nitrogens with one attached hydrogen (secondary N) is 2. The van der Waals surface area contributed by atoms with E-state index < -0.39 is 18.1 Å². The van der Waals surface area contributed by atoms with Crippen LogP contribution in [0.5, 0.6) is 0 Å². The summed E-state index contributed by atoms with van der Waals surface area (Å²) in [6.07, 6.45) is 2.39. The molecule has 0 bridgehead atoms. The van der Waals surface area contributed by atoms with Crippen LogP contribution in [0.1, 0.15) is 44.9 Å². The van der Waals surface area contributed by atoms with E-state index in [0.29, 0.717) is 32.2 Å². The van der Waals surface area contributed by atoms with Gasteiger partial charge in [-0.2, -0.15) is 0 Å². The van der Waals surface area contributed by atoms with E-state index in [1.54, 1.807) is 0 Å². The van der Waals surface area contributed by atoms with E-state index in [9.17, 15) is 19.5 Å². The van der Waals surface area contributed by atoms with E-state index in [2.05, 4.69) is 10.6 Å². The van der Waals surface area contributed by atoms with E-state index in [0.717, 1.165) is 6.42 Å². The van der Waals surface area contributed by atoms with Crippen molar-refractivity contribution in [3.05, 3.63) is 0 Å². The molecule has 0 radical (unpaired) electrons. The second-order valence-corrected chi connectivity index (χ2v) is 5.05. The Balaban J connectivity index is 2.08. The lowest BCUT2D eigenvalue weighted by atomic mass is 10.1. The van der Waals surface area contributed by atoms with E-state index in [-0.39, 0.29) is 24.7 Å². The first kappa shape index (κ1) is 16.4. The normalized spacial score (nSPS) is 19.4. The van der Waals surface area contributed by atoms with Crippen molar-refractivity contribution < 1.29 is 24.6 Å². The number of carbonyl (C=O) groups is 3. The average molecular weight is 286 g/mol. The molecule has 1 saturated heterocycles. The van der Waals surface area contributed by atoms with Crippen LogP contribution in [0.3, 0.4) is 0 Å². The highest BCUT2D eigenvalue weighted by Crippen LogP contribution is 2.09. The van der Waals surface area contributed by atoms with Crippen molar-refractivity contribution in [2.75, 3.05) is 6.54 Å². The van der Waals surface area contributed by atoms with Gasteiger partial charge in [-0.1, -0.05) is 12.8 Å². The third-order valence-corrected chi connectivity index (χ3v) is 3.23. The maximum absolute atomic E-state index is 11.6. The molecule has 1 heterocycles. The molecular formula is C13H22N2O5. The molecule has 7 heteroatoms. The number of carbonyl (C=O) groups excluding carboxylic acids is 2. The van der Waals surface area contributed by atoms with Crippen molar-refractivity contribution in [1.29, 1.82) is 0 Å². The van der Waals surface area contributed by atoms with Gasteiger partial charge in [0, 0.05) is 13.0 Å². The summed E-state index contributed by atoms with van der Waals surface area (Å²) in [5, 5.41) is 23.4. The minimum Gasteiger partial charge on any atom is -0.481 e. The zero-order chi connectivity index (χ0) is 15.0. The van der Waals surface area contributed by atoms with Crippen LogP contribution in [0.2, 0.25) is 0 Å². The van der Waals surface area contributed by atoms with Gasteiger partial charge in [0.25, 0.3) is 0 Å². The lowest BCUT2D eigenvalue weighted by Crippen LogP contribution is -2.41. The van der Waals surface area contributed by atoms with Crippen LogP contribution in [0.4, 0.5) is 0 Å². The number of hydrogen-bond acceptors (Lipinski definition) is 4. The van der Waals surface area contributed by atoms with Gasteiger partial charge in [0.15, 0.2) is 0 Å². The largest absolute Gasteiger partial charge is 0.481 e. The van der Waals surface area contributed by atoms with Crippen molar-refractivity contribution in [1.82, 2.24) is 10.6 Å². The number of carboxylic acids is 1. The van der Waals surface area contributed by atoms with Gasteiger partial charge < -0.3 is 20.8 Å². The number of carboxylic acid groups (broad SMARTS) is 1. The zero-order valence-corrected chi connectivity index (χ0v) is 11.4. The number of hydrogen-bond donors (Lipinski definition) is 4. The van der Waals surface area contributed by atoms with Gasteiger partial charge in [-0.15, -0.1) is 0 Å². The minimum absolute atomic E-state index is 0.0251. The lowest BCUT2D eigenvalue weighted by molar-refractivity contribution is -0.137. The molecule has 0 spiro atoms. The Morgan fingerprint density at radius 1 is 1.35 bits per heavy atom. The predicted octanol–water partition coefficient (Wildman–Crippen LogP) is -0.223. The first-order valence-corrected chi connectivity index (χ1v) is 6.96. The van der Waals surface area contributed by atoms with E-state index in [4.69, 9.17) is 5.11 Å². The summed E-state index contributed by atoms with van der Waals surface area (Å²) in [7, 11) is 0. The Labute approximate surface area is 117 Å². The number of unbranched alkanes of at least 4 members (excludes halogenated alkanes) is 2. The molecule has 7 nitrogen and oxygen atoms in total. The standard InChI is InChI=1S/C13H22N2O5/c16-9(4-2-1-3-5-12(18)19)8-11(17)15-10-6-7-14-13(10)20/h9-10,16H,1-8H2,(H,14,20)(H,15,17)(H,18,19)/t9?,10-/m0/s1. The Morgan fingerprint density at radius 3 is 2.70 bits per heavy atom. The maximum atomic E-state index is 11.6. The van der Waals surface area contributed by atoms with Crippen molar-refractivity contribution >= 4 is 17.8 Å². The molecule has 1 unspecified atom stereocenters. The number of aliphatic carboxylic acids is 1. The second-order valence-electron chi connectivity index (χ2n) is 5.05. The van der Waals surface area contributed by atoms with Gasteiger partial charge in [-0.25, -0.2) is 0 Å². The van der Waals surface area contributed by atoms with Crippen LogP contribution < -0.4 is 10.6 Å². The molecule has 0 aromatic carbocycles. The minimum atomic E-state index is -0.820. The Bertz CT molecular complexity index is 359. The first-order valence-electron chi connectivity index (χ1n) is 6.96. The molecule has 20 heavy (non-hydrogen) atoms. The van der Waals surface area contributed by atoms with Crippen molar-refractivity contribution in [3.8, 4) is 0 Å². The van der Waals surface area contributed by atoms with Crippen LogP contribution in [0, 0.1) is 0 Å². The van der Waals surface area contributed by atoms with Gasteiger partial charge in [-0.3, -0.25) is 14.4 Å². The highest BCUT2D eigenvalue weighted by Gasteiger charge is 2.25. The van der Waals surface area contributed by atoms with Gasteiger partial charge >= 0.3 is 5.97 Å². The van der Waals surface area contributed by atoms with Gasteiger partial charge in [0.1, 0.15) is 6.04 Å². The molecule has 4 N–H and O–H groups in total. The summed E-state index contributed by atoms with van der Waals surface area (Å²) >= 11 is 0. The third-order valence-electron chi connectivity index (χ3n) is 3.23. The Kier molecular flexibility index (Phi) is 7.00. The van der Waals surface area contributed by atoms with Crippen LogP contribution in [0.25, 0.3) is 0 Å². The van der Waals surface area contributed by atoms with Gasteiger partial charge in [0.05, 0.1) is 12.5 Å². The fourth-order valence-corrected chi connectivity index (χ4v) is 2.13. The molecule has 0 aliphatic carbocycles. The SMILES string of the molecule is O=C(O)CCCCCC(O)CC(=O)N[C@H]1CCNC1=O. The lowest BCUT2D eigenvalue weighted by Gasteiger charge is -2.13. The summed E-state index contributed by atoms with van der Waals surface area (Å²) in [6, 6.07) is -0.481. The predicted molar refractivity (Wildman–Crippen MR) is 70.9 cm³/mol. The van der Waals surface area contributed by atoms with Crippen LogP contribution >= 0.6 is 0 Å². The van der Waals surface area contributed by atoms with E-state index in [1.165, 1.54) is 0 Å². The quantitative estimate of drug-likeness (QED) is 0.437. The molecule has 114 valence electrons. The summed E-state index contributed by atoms with van der Waals surface area (Å²) in [4.78, 5) is 33.2.